The van der Waals surface area contributed by atoms with Gasteiger partial charge >= 0.3 is 0 Å². The van der Waals surface area contributed by atoms with Crippen LogP contribution in [0.2, 0.25) is 0 Å². The van der Waals surface area contributed by atoms with E-state index in [1.165, 1.54) is 11.3 Å². The first kappa shape index (κ1) is 11.2. The number of aromatic nitrogens is 3. The number of nitrogens with zero attached hydrogens (tertiary/aromatic N) is 3. The quantitative estimate of drug-likeness (QED) is 0.883. The van der Waals surface area contributed by atoms with E-state index in [2.05, 4.69) is 20.4 Å². The zero-order valence-electron chi connectivity index (χ0n) is 9.52. The smallest absolute Gasteiger partial charge is 0.246 e. The van der Waals surface area contributed by atoms with Gasteiger partial charge in [-0.2, -0.15) is 4.98 Å². The van der Waals surface area contributed by atoms with Crippen LogP contribution < -0.4 is 5.32 Å². The molecule has 0 spiro atoms. The fourth-order valence-electron chi connectivity index (χ4n) is 1.42. The summed E-state index contributed by atoms with van der Waals surface area (Å²) in [5.74, 6) is 1.12. The van der Waals surface area contributed by atoms with Gasteiger partial charge in [0.05, 0.1) is 11.0 Å². The molecule has 0 saturated carbocycles. The van der Waals surface area contributed by atoms with Gasteiger partial charge in [0.2, 0.25) is 11.7 Å². The molecule has 2 aromatic rings. The Balaban J connectivity index is 2.26. The SMILES string of the molecule is CCNC(C)(C)c1nc(-c2cscn2)no1. The van der Waals surface area contributed by atoms with Gasteiger partial charge in [0, 0.05) is 5.38 Å². The van der Waals surface area contributed by atoms with E-state index in [0.29, 0.717) is 11.7 Å². The zero-order chi connectivity index (χ0) is 11.6. The minimum absolute atomic E-state index is 0.310. The van der Waals surface area contributed by atoms with E-state index >= 15 is 0 Å². The minimum Gasteiger partial charge on any atom is -0.337 e. The second kappa shape index (κ2) is 4.31. The summed E-state index contributed by atoms with van der Waals surface area (Å²) in [6.07, 6.45) is 0. The van der Waals surface area contributed by atoms with Crippen molar-refractivity contribution in [2.75, 3.05) is 6.54 Å². The summed E-state index contributed by atoms with van der Waals surface area (Å²) in [6, 6.07) is 0. The summed E-state index contributed by atoms with van der Waals surface area (Å²) in [5, 5.41) is 9.11. The minimum atomic E-state index is -0.310. The van der Waals surface area contributed by atoms with E-state index in [1.54, 1.807) is 5.51 Å². The molecule has 0 radical (unpaired) electrons. The van der Waals surface area contributed by atoms with Crippen LogP contribution in [0.3, 0.4) is 0 Å². The van der Waals surface area contributed by atoms with Crippen LogP contribution in [0.25, 0.3) is 11.5 Å². The molecule has 6 heteroatoms. The maximum Gasteiger partial charge on any atom is 0.246 e. The number of hydrogen-bond acceptors (Lipinski definition) is 6. The molecule has 0 aliphatic carbocycles. The summed E-state index contributed by atoms with van der Waals surface area (Å²) in [6.45, 7) is 6.91. The van der Waals surface area contributed by atoms with Gasteiger partial charge in [-0.15, -0.1) is 11.3 Å². The summed E-state index contributed by atoms with van der Waals surface area (Å²) in [4.78, 5) is 8.49. The molecule has 1 N–H and O–H groups in total. The van der Waals surface area contributed by atoms with Crippen molar-refractivity contribution in [2.24, 2.45) is 0 Å². The summed E-state index contributed by atoms with van der Waals surface area (Å²) < 4.78 is 5.25. The molecule has 16 heavy (non-hydrogen) atoms. The van der Waals surface area contributed by atoms with Gasteiger partial charge in [-0.25, -0.2) is 4.98 Å². The Morgan fingerprint density at radius 1 is 1.50 bits per heavy atom. The van der Waals surface area contributed by atoms with Gasteiger partial charge in [0.1, 0.15) is 5.69 Å². The van der Waals surface area contributed by atoms with Crippen molar-refractivity contribution in [3.05, 3.63) is 16.8 Å². The highest BCUT2D eigenvalue weighted by Gasteiger charge is 2.26. The van der Waals surface area contributed by atoms with Gasteiger partial charge in [-0.05, 0) is 20.4 Å². The largest absolute Gasteiger partial charge is 0.337 e. The number of thiazole rings is 1. The van der Waals surface area contributed by atoms with Gasteiger partial charge in [0.15, 0.2) is 0 Å². The first-order chi connectivity index (χ1) is 7.63. The van der Waals surface area contributed by atoms with Crippen molar-refractivity contribution < 1.29 is 4.52 Å². The molecule has 2 aromatic heterocycles. The summed E-state index contributed by atoms with van der Waals surface area (Å²) >= 11 is 1.51. The van der Waals surface area contributed by atoms with Crippen LogP contribution in [0, 0.1) is 0 Å². The van der Waals surface area contributed by atoms with Crippen molar-refractivity contribution in [3.63, 3.8) is 0 Å². The lowest BCUT2D eigenvalue weighted by Gasteiger charge is -2.20. The normalized spacial score (nSPS) is 11.9. The van der Waals surface area contributed by atoms with E-state index in [-0.39, 0.29) is 5.54 Å². The molecule has 0 fully saturated rings. The van der Waals surface area contributed by atoms with Crippen molar-refractivity contribution in [1.82, 2.24) is 20.4 Å². The Labute approximate surface area is 97.9 Å². The second-order valence-electron chi connectivity index (χ2n) is 3.95. The fraction of sp³-hybridized carbons (Fsp3) is 0.500. The maximum atomic E-state index is 5.25. The van der Waals surface area contributed by atoms with Crippen LogP contribution in [0.5, 0.6) is 0 Å². The fourth-order valence-corrected chi connectivity index (χ4v) is 1.95. The molecule has 0 aliphatic heterocycles. The monoisotopic (exact) mass is 238 g/mol. The van der Waals surface area contributed by atoms with Crippen LogP contribution in [0.15, 0.2) is 15.4 Å². The van der Waals surface area contributed by atoms with Gasteiger partial charge in [0.25, 0.3) is 0 Å². The van der Waals surface area contributed by atoms with Crippen LogP contribution in [0.1, 0.15) is 26.7 Å². The third-order valence-corrected chi connectivity index (χ3v) is 2.83. The average molecular weight is 238 g/mol. The van der Waals surface area contributed by atoms with E-state index in [9.17, 15) is 0 Å². The Kier molecular flexibility index (Phi) is 3.02. The molecule has 0 aromatic carbocycles. The van der Waals surface area contributed by atoms with E-state index in [0.717, 1.165) is 12.2 Å². The Bertz CT molecular complexity index is 449. The van der Waals surface area contributed by atoms with E-state index in [4.69, 9.17) is 4.52 Å². The van der Waals surface area contributed by atoms with Crippen molar-refractivity contribution in [3.8, 4) is 11.5 Å². The van der Waals surface area contributed by atoms with E-state index in [1.807, 2.05) is 26.2 Å². The lowest BCUT2D eigenvalue weighted by Crippen LogP contribution is -2.36. The predicted molar refractivity (Wildman–Crippen MR) is 62.1 cm³/mol. The molecule has 2 rings (SSSR count). The number of hydrogen-bond donors (Lipinski definition) is 1. The second-order valence-corrected chi connectivity index (χ2v) is 4.67. The van der Waals surface area contributed by atoms with Crippen LogP contribution in [-0.4, -0.2) is 21.7 Å². The van der Waals surface area contributed by atoms with E-state index < -0.39 is 0 Å². The maximum absolute atomic E-state index is 5.25. The van der Waals surface area contributed by atoms with Crippen LogP contribution in [0.4, 0.5) is 0 Å². The molecular weight excluding hydrogens is 224 g/mol. The van der Waals surface area contributed by atoms with Crippen molar-refractivity contribution >= 4 is 11.3 Å². The summed E-state index contributed by atoms with van der Waals surface area (Å²) in [5.41, 5.74) is 2.20. The molecule has 2 heterocycles. The van der Waals surface area contributed by atoms with Gasteiger partial charge in [-0.3, -0.25) is 0 Å². The van der Waals surface area contributed by atoms with Crippen molar-refractivity contribution in [1.29, 1.82) is 0 Å². The van der Waals surface area contributed by atoms with Crippen LogP contribution in [-0.2, 0) is 5.54 Å². The van der Waals surface area contributed by atoms with Gasteiger partial charge in [-0.1, -0.05) is 12.1 Å². The molecular formula is C10H14N4OS. The molecule has 0 amide bonds. The molecule has 0 bridgehead atoms. The first-order valence-corrected chi connectivity index (χ1v) is 6.05. The lowest BCUT2D eigenvalue weighted by molar-refractivity contribution is 0.272. The van der Waals surface area contributed by atoms with Gasteiger partial charge < -0.3 is 9.84 Å². The van der Waals surface area contributed by atoms with Crippen LogP contribution >= 0.6 is 11.3 Å². The number of nitrogens with one attached hydrogen (secondary N) is 1. The average Bonchev–Trinajstić information content (AvgIpc) is 2.89. The Morgan fingerprint density at radius 2 is 2.31 bits per heavy atom. The first-order valence-electron chi connectivity index (χ1n) is 5.11. The Morgan fingerprint density at radius 3 is 2.94 bits per heavy atom. The highest BCUT2D eigenvalue weighted by atomic mass is 32.1. The lowest BCUT2D eigenvalue weighted by atomic mass is 10.1. The van der Waals surface area contributed by atoms with Crippen molar-refractivity contribution in [2.45, 2.75) is 26.3 Å². The highest BCUT2D eigenvalue weighted by Crippen LogP contribution is 2.21. The molecule has 0 aliphatic rings. The number of rotatable bonds is 4. The Hall–Kier alpha value is -1.27. The topological polar surface area (TPSA) is 63.8 Å². The molecule has 0 atom stereocenters. The highest BCUT2D eigenvalue weighted by molar-refractivity contribution is 7.07. The standard InChI is InChI=1S/C10H14N4OS/c1-4-12-10(2,3)9-13-8(14-15-9)7-5-16-6-11-7/h5-6,12H,4H2,1-3H3. The zero-order valence-corrected chi connectivity index (χ0v) is 10.3. The molecule has 5 nitrogen and oxygen atoms in total. The molecule has 0 unspecified atom stereocenters. The predicted octanol–water partition coefficient (Wildman–Crippen LogP) is 2.04. The molecule has 86 valence electrons. The summed E-state index contributed by atoms with van der Waals surface area (Å²) in [7, 11) is 0. The third-order valence-electron chi connectivity index (χ3n) is 2.24. The molecule has 0 saturated heterocycles. The third kappa shape index (κ3) is 2.12.